The summed E-state index contributed by atoms with van der Waals surface area (Å²) in [6.45, 7) is 1.56. The van der Waals surface area contributed by atoms with Crippen molar-refractivity contribution in [3.63, 3.8) is 0 Å². The summed E-state index contributed by atoms with van der Waals surface area (Å²) in [5, 5.41) is 0. The monoisotopic (exact) mass is 258 g/mol. The van der Waals surface area contributed by atoms with E-state index in [0.29, 0.717) is 0 Å². The van der Waals surface area contributed by atoms with Crippen molar-refractivity contribution in [3.05, 3.63) is 60.2 Å². The Hall–Kier alpha value is -2.29. The Labute approximate surface area is 113 Å². The molecule has 2 rings (SSSR count). The summed E-state index contributed by atoms with van der Waals surface area (Å²) in [6, 6.07) is 16.8. The van der Waals surface area contributed by atoms with Gasteiger partial charge in [0, 0.05) is 5.56 Å². The Morgan fingerprint density at radius 2 is 1.21 bits per heavy atom. The fraction of sp³-hybridized carbons (Fsp3) is 0.188. The molecule has 0 radical (unpaired) electrons. The number of methoxy groups -OCH3 is 2. The third-order valence-electron chi connectivity index (χ3n) is 2.47. The molecule has 100 valence electrons. The van der Waals surface area contributed by atoms with Gasteiger partial charge in [-0.1, -0.05) is 42.5 Å². The highest BCUT2D eigenvalue weighted by atomic mass is 16.5. The molecule has 0 heterocycles. The molecule has 0 unspecified atom stereocenters. The summed E-state index contributed by atoms with van der Waals surface area (Å²) in [5.41, 5.74) is 0.775. The van der Waals surface area contributed by atoms with Crippen LogP contribution in [0, 0.1) is 0 Å². The van der Waals surface area contributed by atoms with Gasteiger partial charge >= 0.3 is 0 Å². The maximum absolute atomic E-state index is 10.6. The highest BCUT2D eigenvalue weighted by molar-refractivity contribution is 5.93. The topological polar surface area (TPSA) is 35.5 Å². The number of carbonyl (C=O) groups is 1. The second kappa shape index (κ2) is 7.93. The van der Waals surface area contributed by atoms with Crippen molar-refractivity contribution < 1.29 is 14.3 Å². The Bertz CT molecular complexity index is 483. The minimum Gasteiger partial charge on any atom is -0.493 e. The molecule has 0 N–H and O–H groups in total. The molecule has 0 aliphatic heterocycles. The first-order valence-electron chi connectivity index (χ1n) is 5.92. The molecular weight excluding hydrogens is 240 g/mol. The van der Waals surface area contributed by atoms with Crippen molar-refractivity contribution in [1.29, 1.82) is 0 Å². The molecule has 0 aliphatic rings. The molecule has 0 aliphatic carbocycles. The molecule has 2 aromatic rings. The molecule has 2 aromatic carbocycles. The third kappa shape index (κ3) is 4.84. The highest BCUT2D eigenvalue weighted by Gasteiger charge is 1.97. The van der Waals surface area contributed by atoms with Crippen LogP contribution in [0.5, 0.6) is 11.5 Å². The van der Waals surface area contributed by atoms with Crippen LogP contribution in [-0.2, 0) is 0 Å². The summed E-state index contributed by atoms with van der Waals surface area (Å²) in [7, 11) is 3.25. The summed E-state index contributed by atoms with van der Waals surface area (Å²) in [4.78, 5) is 10.6. The molecule has 19 heavy (non-hydrogen) atoms. The molecule has 0 saturated carbocycles. The van der Waals surface area contributed by atoms with Gasteiger partial charge in [-0.05, 0) is 19.1 Å². The number of hydrogen-bond acceptors (Lipinski definition) is 3. The van der Waals surface area contributed by atoms with E-state index >= 15 is 0 Å². The molecule has 0 saturated heterocycles. The zero-order valence-electron chi connectivity index (χ0n) is 11.4. The number of Topliss-reactive ketones (excluding diaryl/α,β-unsaturated/α-hetero) is 1. The normalized spacial score (nSPS) is 9.00. The van der Waals surface area contributed by atoms with Gasteiger partial charge in [0.15, 0.2) is 17.3 Å². The van der Waals surface area contributed by atoms with Crippen molar-refractivity contribution >= 4 is 5.78 Å². The first kappa shape index (κ1) is 14.8. The van der Waals surface area contributed by atoms with Gasteiger partial charge in [0.05, 0.1) is 14.2 Å². The number of ketones is 1. The molecule has 3 nitrogen and oxygen atoms in total. The van der Waals surface area contributed by atoms with Gasteiger partial charge in [0.25, 0.3) is 0 Å². The van der Waals surface area contributed by atoms with E-state index in [0.717, 1.165) is 17.1 Å². The molecule has 0 spiro atoms. The fourth-order valence-corrected chi connectivity index (χ4v) is 1.46. The molecule has 0 bridgehead atoms. The summed E-state index contributed by atoms with van der Waals surface area (Å²) in [6.07, 6.45) is 0. The Balaban J connectivity index is 0.000000191. The zero-order valence-corrected chi connectivity index (χ0v) is 11.4. The van der Waals surface area contributed by atoms with E-state index in [9.17, 15) is 4.79 Å². The number of ether oxygens (including phenoxy) is 2. The van der Waals surface area contributed by atoms with E-state index < -0.39 is 0 Å². The van der Waals surface area contributed by atoms with Crippen LogP contribution in [0.3, 0.4) is 0 Å². The number of carbonyl (C=O) groups excluding carboxylic acids is 1. The lowest BCUT2D eigenvalue weighted by molar-refractivity contribution is 0.101. The first-order valence-corrected chi connectivity index (χ1v) is 5.92. The standard InChI is InChI=1S/C8H10O2.C8H8O/c1-9-7-5-3-4-6-8(7)10-2;1-7(9)8-5-3-2-4-6-8/h3-6H,1-2H3;2-6H,1H3. The van der Waals surface area contributed by atoms with Crippen LogP contribution < -0.4 is 9.47 Å². The quantitative estimate of drug-likeness (QED) is 0.789. The van der Waals surface area contributed by atoms with E-state index in [2.05, 4.69) is 0 Å². The van der Waals surface area contributed by atoms with E-state index in [1.165, 1.54) is 0 Å². The second-order valence-electron chi connectivity index (χ2n) is 3.78. The van der Waals surface area contributed by atoms with Gasteiger partial charge in [0.1, 0.15) is 0 Å². The predicted octanol–water partition coefficient (Wildman–Crippen LogP) is 3.59. The van der Waals surface area contributed by atoms with Crippen LogP contribution in [0.25, 0.3) is 0 Å². The molecule has 0 aromatic heterocycles. The smallest absolute Gasteiger partial charge is 0.160 e. The molecule has 0 amide bonds. The van der Waals surface area contributed by atoms with Gasteiger partial charge in [-0.15, -0.1) is 0 Å². The lowest BCUT2D eigenvalue weighted by Gasteiger charge is -2.04. The lowest BCUT2D eigenvalue weighted by Crippen LogP contribution is -1.88. The van der Waals surface area contributed by atoms with E-state index in [1.54, 1.807) is 21.1 Å². The van der Waals surface area contributed by atoms with Crippen LogP contribution in [0.4, 0.5) is 0 Å². The van der Waals surface area contributed by atoms with E-state index in [-0.39, 0.29) is 5.78 Å². The van der Waals surface area contributed by atoms with E-state index in [4.69, 9.17) is 9.47 Å². The molecule has 3 heteroatoms. The SMILES string of the molecule is CC(=O)c1ccccc1.COc1ccccc1OC. The fourth-order valence-electron chi connectivity index (χ4n) is 1.46. The van der Waals surface area contributed by atoms with Crippen molar-refractivity contribution in [2.24, 2.45) is 0 Å². The van der Waals surface area contributed by atoms with Crippen LogP contribution in [0.2, 0.25) is 0 Å². The summed E-state index contributed by atoms with van der Waals surface area (Å²) < 4.78 is 10.0. The Morgan fingerprint density at radius 3 is 1.53 bits per heavy atom. The molecule has 0 fully saturated rings. The number of hydrogen-bond donors (Lipinski definition) is 0. The highest BCUT2D eigenvalue weighted by Crippen LogP contribution is 2.24. The average Bonchev–Trinajstić information content (AvgIpc) is 2.48. The van der Waals surface area contributed by atoms with Gasteiger partial charge in [-0.2, -0.15) is 0 Å². The van der Waals surface area contributed by atoms with Crippen molar-refractivity contribution in [2.75, 3.05) is 14.2 Å². The number of para-hydroxylation sites is 2. The zero-order chi connectivity index (χ0) is 14.1. The Kier molecular flexibility index (Phi) is 6.16. The molecular formula is C16H18O3. The third-order valence-corrected chi connectivity index (χ3v) is 2.47. The van der Waals surface area contributed by atoms with Gasteiger partial charge in [0.2, 0.25) is 0 Å². The Morgan fingerprint density at radius 1 is 0.789 bits per heavy atom. The van der Waals surface area contributed by atoms with Crippen molar-refractivity contribution in [1.82, 2.24) is 0 Å². The average molecular weight is 258 g/mol. The second-order valence-corrected chi connectivity index (χ2v) is 3.78. The summed E-state index contributed by atoms with van der Waals surface area (Å²) >= 11 is 0. The number of benzene rings is 2. The minimum atomic E-state index is 0.121. The van der Waals surface area contributed by atoms with Crippen LogP contribution >= 0.6 is 0 Å². The van der Waals surface area contributed by atoms with Gasteiger partial charge in [-0.25, -0.2) is 0 Å². The first-order chi connectivity index (χ1) is 9.19. The lowest BCUT2D eigenvalue weighted by atomic mass is 10.2. The minimum absolute atomic E-state index is 0.121. The van der Waals surface area contributed by atoms with Gasteiger partial charge in [-0.3, -0.25) is 4.79 Å². The van der Waals surface area contributed by atoms with Crippen LogP contribution in [0.1, 0.15) is 17.3 Å². The van der Waals surface area contributed by atoms with Crippen LogP contribution in [0.15, 0.2) is 54.6 Å². The largest absolute Gasteiger partial charge is 0.493 e. The predicted molar refractivity (Wildman–Crippen MR) is 76.0 cm³/mol. The summed E-state index contributed by atoms with van der Waals surface area (Å²) in [5.74, 6) is 1.66. The van der Waals surface area contributed by atoms with Crippen LogP contribution in [-0.4, -0.2) is 20.0 Å². The maximum Gasteiger partial charge on any atom is 0.160 e. The van der Waals surface area contributed by atoms with E-state index in [1.807, 2.05) is 54.6 Å². The molecule has 0 atom stereocenters. The van der Waals surface area contributed by atoms with Crippen molar-refractivity contribution in [3.8, 4) is 11.5 Å². The maximum atomic E-state index is 10.6. The van der Waals surface area contributed by atoms with Gasteiger partial charge < -0.3 is 9.47 Å². The van der Waals surface area contributed by atoms with Crippen molar-refractivity contribution in [2.45, 2.75) is 6.92 Å². The number of rotatable bonds is 3.